The number of benzene rings is 1. The van der Waals surface area contributed by atoms with Crippen molar-refractivity contribution in [1.82, 2.24) is 0 Å². The van der Waals surface area contributed by atoms with Crippen LogP contribution in [0.4, 0.5) is 8.78 Å². The Bertz CT molecular complexity index is 393. The quantitative estimate of drug-likeness (QED) is 0.544. The van der Waals surface area contributed by atoms with E-state index in [1.807, 2.05) is 0 Å². The van der Waals surface area contributed by atoms with Crippen molar-refractivity contribution in [3.8, 4) is 0 Å². The van der Waals surface area contributed by atoms with Crippen molar-refractivity contribution < 1.29 is 13.5 Å². The molecule has 1 aromatic rings. The van der Waals surface area contributed by atoms with E-state index in [1.54, 1.807) is 6.92 Å². The van der Waals surface area contributed by atoms with E-state index in [4.69, 9.17) is 4.74 Å². The molecule has 0 saturated heterocycles. The molecule has 0 spiro atoms. The smallest absolute Gasteiger partial charge is 0.226 e. The normalized spacial score (nSPS) is 11.3. The van der Waals surface area contributed by atoms with Crippen molar-refractivity contribution in [3.63, 3.8) is 0 Å². The molecule has 0 aliphatic carbocycles. The van der Waals surface area contributed by atoms with Crippen LogP contribution in [0.25, 0.3) is 0 Å². The highest BCUT2D eigenvalue weighted by atomic mass is 19.1. The summed E-state index contributed by atoms with van der Waals surface area (Å²) in [6.07, 6.45) is 0. The van der Waals surface area contributed by atoms with Crippen LogP contribution in [0, 0.1) is 11.6 Å². The first-order valence-corrected chi connectivity index (χ1v) is 4.29. The highest BCUT2D eigenvalue weighted by Crippen LogP contribution is 2.14. The Morgan fingerprint density at radius 3 is 2.27 bits per heavy atom. The van der Waals surface area contributed by atoms with Crippen molar-refractivity contribution >= 4 is 5.90 Å². The third-order valence-corrected chi connectivity index (χ3v) is 1.66. The number of nitrogens with zero attached hydrogens (tertiary/aromatic N) is 1. The van der Waals surface area contributed by atoms with Crippen LogP contribution in [-0.4, -0.2) is 13.0 Å². The first-order valence-electron chi connectivity index (χ1n) is 4.29. The molecule has 0 heterocycles. The zero-order valence-electron chi connectivity index (χ0n) is 8.55. The Labute approximate surface area is 86.9 Å². The molecule has 1 aromatic carbocycles. The lowest BCUT2D eigenvalue weighted by Crippen LogP contribution is -2.09. The van der Waals surface area contributed by atoms with Gasteiger partial charge in [-0.3, -0.25) is 0 Å². The molecule has 0 radical (unpaired) electrons. The predicted molar refractivity (Wildman–Crippen MR) is 54.7 cm³/mol. The minimum Gasteiger partial charge on any atom is -0.480 e. The monoisotopic (exact) mass is 211 g/mol. The van der Waals surface area contributed by atoms with Crippen LogP contribution in [0.2, 0.25) is 0 Å². The summed E-state index contributed by atoms with van der Waals surface area (Å²) in [6, 6.07) is 3.57. The van der Waals surface area contributed by atoms with Gasteiger partial charge < -0.3 is 4.74 Å². The molecule has 80 valence electrons. The molecular weight excluding hydrogens is 200 g/mol. The fourth-order valence-electron chi connectivity index (χ4n) is 1.08. The molecule has 0 aliphatic rings. The lowest BCUT2D eigenvalue weighted by molar-refractivity contribution is 0.398. The summed E-state index contributed by atoms with van der Waals surface area (Å²) in [5, 5.41) is 0. The van der Waals surface area contributed by atoms with Gasteiger partial charge >= 0.3 is 0 Å². The summed E-state index contributed by atoms with van der Waals surface area (Å²) in [6.45, 7) is 5.12. The molecule has 0 bridgehead atoms. The maximum atomic E-state index is 13.3. The molecule has 0 atom stereocenters. The number of allylic oxidation sites excluding steroid dienone is 1. The predicted octanol–water partition coefficient (Wildman–Crippen LogP) is 2.89. The fourth-order valence-corrected chi connectivity index (χ4v) is 1.08. The number of halogens is 2. The molecule has 4 heteroatoms. The van der Waals surface area contributed by atoms with Crippen LogP contribution in [-0.2, 0) is 4.74 Å². The second kappa shape index (κ2) is 4.68. The zero-order valence-corrected chi connectivity index (χ0v) is 8.55. The van der Waals surface area contributed by atoms with E-state index in [2.05, 4.69) is 11.6 Å². The van der Waals surface area contributed by atoms with Gasteiger partial charge in [0.2, 0.25) is 5.90 Å². The highest BCUT2D eigenvalue weighted by Gasteiger charge is 2.15. The number of rotatable bonds is 2. The van der Waals surface area contributed by atoms with Gasteiger partial charge in [-0.25, -0.2) is 13.8 Å². The average molecular weight is 211 g/mol. The van der Waals surface area contributed by atoms with Crippen LogP contribution in [0.15, 0.2) is 35.5 Å². The van der Waals surface area contributed by atoms with Crippen molar-refractivity contribution in [1.29, 1.82) is 0 Å². The van der Waals surface area contributed by atoms with Crippen molar-refractivity contribution in [2.45, 2.75) is 6.92 Å². The maximum absolute atomic E-state index is 13.3. The number of hydrogen-bond donors (Lipinski definition) is 0. The second-order valence-corrected chi connectivity index (χ2v) is 2.95. The lowest BCUT2D eigenvalue weighted by Gasteiger charge is -2.07. The first kappa shape index (κ1) is 11.4. The van der Waals surface area contributed by atoms with Gasteiger partial charge in [0.1, 0.15) is 17.2 Å². The molecule has 15 heavy (non-hydrogen) atoms. The van der Waals surface area contributed by atoms with E-state index < -0.39 is 11.6 Å². The lowest BCUT2D eigenvalue weighted by atomic mass is 10.2. The number of aliphatic imine (C=N–C) groups is 1. The first-order chi connectivity index (χ1) is 7.06. The average Bonchev–Trinajstić information content (AvgIpc) is 2.15. The highest BCUT2D eigenvalue weighted by molar-refractivity contribution is 5.95. The molecule has 0 fully saturated rings. The molecule has 0 unspecified atom stereocenters. The van der Waals surface area contributed by atoms with E-state index in [1.165, 1.54) is 13.2 Å². The van der Waals surface area contributed by atoms with E-state index >= 15 is 0 Å². The van der Waals surface area contributed by atoms with E-state index in [-0.39, 0.29) is 11.5 Å². The number of hydrogen-bond acceptors (Lipinski definition) is 2. The molecule has 0 amide bonds. The summed E-state index contributed by atoms with van der Waals surface area (Å²) in [5.74, 6) is -1.54. The van der Waals surface area contributed by atoms with Crippen LogP contribution in [0.5, 0.6) is 0 Å². The molecular formula is C11H11F2NO. The van der Waals surface area contributed by atoms with E-state index in [0.29, 0.717) is 5.70 Å². The van der Waals surface area contributed by atoms with Gasteiger partial charge in [-0.1, -0.05) is 12.6 Å². The Hall–Kier alpha value is -1.71. The van der Waals surface area contributed by atoms with E-state index in [0.717, 1.165) is 12.1 Å². The molecule has 1 rings (SSSR count). The maximum Gasteiger partial charge on any atom is 0.226 e. The van der Waals surface area contributed by atoms with Gasteiger partial charge in [0.25, 0.3) is 0 Å². The van der Waals surface area contributed by atoms with Crippen LogP contribution >= 0.6 is 0 Å². The summed E-state index contributed by atoms with van der Waals surface area (Å²) >= 11 is 0. The van der Waals surface area contributed by atoms with Gasteiger partial charge in [-0.05, 0) is 19.1 Å². The molecule has 2 nitrogen and oxygen atoms in total. The molecule has 0 N–H and O–H groups in total. The Kier molecular flexibility index (Phi) is 3.55. The summed E-state index contributed by atoms with van der Waals surface area (Å²) < 4.78 is 31.4. The van der Waals surface area contributed by atoms with Gasteiger partial charge in [-0.2, -0.15) is 0 Å². The minimum absolute atomic E-state index is 0.113. The van der Waals surface area contributed by atoms with Crippen molar-refractivity contribution in [2.75, 3.05) is 7.11 Å². The van der Waals surface area contributed by atoms with Gasteiger partial charge in [-0.15, -0.1) is 0 Å². The third-order valence-electron chi connectivity index (χ3n) is 1.66. The number of methoxy groups -OCH3 is 1. The Morgan fingerprint density at radius 2 is 1.87 bits per heavy atom. The second-order valence-electron chi connectivity index (χ2n) is 2.95. The van der Waals surface area contributed by atoms with Crippen LogP contribution in [0.3, 0.4) is 0 Å². The fraction of sp³-hybridized carbons (Fsp3) is 0.182. The Morgan fingerprint density at radius 1 is 1.33 bits per heavy atom. The molecule has 0 aliphatic heterocycles. The van der Waals surface area contributed by atoms with Gasteiger partial charge in [0, 0.05) is 5.70 Å². The van der Waals surface area contributed by atoms with Crippen molar-refractivity contribution in [2.24, 2.45) is 4.99 Å². The van der Waals surface area contributed by atoms with Crippen molar-refractivity contribution in [3.05, 3.63) is 47.7 Å². The van der Waals surface area contributed by atoms with Crippen LogP contribution < -0.4 is 0 Å². The SMILES string of the molecule is C=C(C)N=C(OC)c1c(F)cccc1F. The Balaban J connectivity index is 3.30. The standard InChI is InChI=1S/C11H11F2NO/c1-7(2)14-11(15-3)10-8(12)5-4-6-9(10)13/h4-6H,1H2,2-3H3. The largest absolute Gasteiger partial charge is 0.480 e. The summed E-state index contributed by atoms with van der Waals surface area (Å²) in [5.41, 5.74) is 0.137. The minimum atomic E-state index is -0.711. The topological polar surface area (TPSA) is 21.6 Å². The zero-order chi connectivity index (χ0) is 11.4. The summed E-state index contributed by atoms with van der Waals surface area (Å²) in [7, 11) is 1.30. The summed E-state index contributed by atoms with van der Waals surface area (Å²) in [4.78, 5) is 3.81. The van der Waals surface area contributed by atoms with Gasteiger partial charge in [0.05, 0.1) is 7.11 Å². The molecule has 0 aromatic heterocycles. The molecule has 0 saturated carbocycles. The van der Waals surface area contributed by atoms with Crippen LogP contribution in [0.1, 0.15) is 12.5 Å². The van der Waals surface area contributed by atoms with E-state index in [9.17, 15) is 8.78 Å². The third kappa shape index (κ3) is 2.62. The number of ether oxygens (including phenoxy) is 1. The van der Waals surface area contributed by atoms with Gasteiger partial charge in [0.15, 0.2) is 0 Å².